The fraction of sp³-hybridized carbons (Fsp3) is 0.818. The fourth-order valence-electron chi connectivity index (χ4n) is 1.53. The molecule has 2 rings (SSSR count). The summed E-state index contributed by atoms with van der Waals surface area (Å²) in [6.07, 6.45) is 3.74. The Balaban J connectivity index is 1.76. The highest BCUT2D eigenvalue weighted by molar-refractivity contribution is 7.09. The molecular formula is C11H20N4S. The van der Waals surface area contributed by atoms with Gasteiger partial charge in [0.05, 0.1) is 0 Å². The molecule has 1 saturated carbocycles. The highest BCUT2D eigenvalue weighted by atomic mass is 32.1. The highest BCUT2D eigenvalue weighted by Gasteiger charge is 2.28. The van der Waals surface area contributed by atoms with Crippen molar-refractivity contribution in [3.05, 3.63) is 5.82 Å². The van der Waals surface area contributed by atoms with Crippen molar-refractivity contribution in [1.29, 1.82) is 0 Å². The lowest BCUT2D eigenvalue weighted by Gasteiger charge is -2.14. The van der Waals surface area contributed by atoms with Gasteiger partial charge in [0.2, 0.25) is 5.13 Å². The summed E-state index contributed by atoms with van der Waals surface area (Å²) in [5, 5.41) is 4.45. The number of aromatic nitrogens is 2. The van der Waals surface area contributed by atoms with E-state index >= 15 is 0 Å². The zero-order valence-corrected chi connectivity index (χ0v) is 10.9. The van der Waals surface area contributed by atoms with Crippen LogP contribution in [0.4, 0.5) is 5.13 Å². The lowest BCUT2D eigenvalue weighted by molar-refractivity contribution is 0.665. The predicted octanol–water partition coefficient (Wildman–Crippen LogP) is 1.85. The molecule has 0 atom stereocenters. The molecular weight excluding hydrogens is 220 g/mol. The first kappa shape index (κ1) is 11.8. The van der Waals surface area contributed by atoms with Crippen LogP contribution in [0.25, 0.3) is 0 Å². The molecule has 4 nitrogen and oxygen atoms in total. The zero-order valence-electron chi connectivity index (χ0n) is 10.1. The predicted molar refractivity (Wildman–Crippen MR) is 68.3 cm³/mol. The van der Waals surface area contributed by atoms with E-state index in [1.165, 1.54) is 30.8 Å². The standard InChI is InChI=1S/C11H20N4S/c1-3-6-12-7-8-15(2)11-13-10(14-16-11)9-4-5-9/h9,12H,3-8H2,1-2H3. The van der Waals surface area contributed by atoms with Crippen LogP contribution < -0.4 is 10.2 Å². The molecule has 1 aliphatic carbocycles. The molecule has 1 fully saturated rings. The van der Waals surface area contributed by atoms with Crippen LogP contribution in [0.15, 0.2) is 0 Å². The van der Waals surface area contributed by atoms with E-state index in [4.69, 9.17) is 0 Å². The molecule has 0 radical (unpaired) electrons. The minimum Gasteiger partial charge on any atom is -0.349 e. The first-order valence-corrected chi connectivity index (χ1v) is 6.84. The highest BCUT2D eigenvalue weighted by Crippen LogP contribution is 2.39. The van der Waals surface area contributed by atoms with Crippen molar-refractivity contribution in [3.63, 3.8) is 0 Å². The summed E-state index contributed by atoms with van der Waals surface area (Å²) in [5.41, 5.74) is 0. The third-order valence-corrected chi connectivity index (χ3v) is 3.60. The van der Waals surface area contributed by atoms with Crippen LogP contribution in [0, 0.1) is 0 Å². The largest absolute Gasteiger partial charge is 0.349 e. The van der Waals surface area contributed by atoms with E-state index in [2.05, 4.69) is 33.5 Å². The molecule has 0 bridgehead atoms. The molecule has 0 unspecified atom stereocenters. The van der Waals surface area contributed by atoms with E-state index in [0.29, 0.717) is 5.92 Å². The number of likely N-dealkylation sites (N-methyl/N-ethyl adjacent to an activating group) is 1. The van der Waals surface area contributed by atoms with Crippen molar-refractivity contribution >= 4 is 16.7 Å². The first-order valence-electron chi connectivity index (χ1n) is 6.06. The van der Waals surface area contributed by atoms with Gasteiger partial charge in [-0.3, -0.25) is 0 Å². The van der Waals surface area contributed by atoms with E-state index in [1.54, 1.807) is 0 Å². The van der Waals surface area contributed by atoms with E-state index in [9.17, 15) is 0 Å². The topological polar surface area (TPSA) is 41.0 Å². The molecule has 1 aliphatic rings. The molecule has 0 saturated heterocycles. The summed E-state index contributed by atoms with van der Waals surface area (Å²) in [6.45, 7) is 5.29. The minimum atomic E-state index is 0.664. The summed E-state index contributed by atoms with van der Waals surface area (Å²) in [5.74, 6) is 1.73. The molecule has 5 heteroatoms. The van der Waals surface area contributed by atoms with Crippen molar-refractivity contribution in [3.8, 4) is 0 Å². The smallest absolute Gasteiger partial charge is 0.204 e. The zero-order chi connectivity index (χ0) is 11.4. The van der Waals surface area contributed by atoms with Gasteiger partial charge < -0.3 is 10.2 Å². The van der Waals surface area contributed by atoms with Gasteiger partial charge in [-0.1, -0.05) is 6.92 Å². The molecule has 0 aromatic carbocycles. The number of rotatable bonds is 7. The molecule has 1 aromatic heterocycles. The van der Waals surface area contributed by atoms with Gasteiger partial charge in [0.1, 0.15) is 5.82 Å². The monoisotopic (exact) mass is 240 g/mol. The van der Waals surface area contributed by atoms with Crippen LogP contribution in [-0.2, 0) is 0 Å². The van der Waals surface area contributed by atoms with Crippen LogP contribution >= 0.6 is 11.5 Å². The first-order chi connectivity index (χ1) is 7.81. The second-order valence-corrected chi connectivity index (χ2v) is 5.11. The maximum absolute atomic E-state index is 4.58. The van der Waals surface area contributed by atoms with E-state index in [0.717, 1.165) is 30.6 Å². The van der Waals surface area contributed by atoms with Gasteiger partial charge in [0.15, 0.2) is 0 Å². The Morgan fingerprint density at radius 1 is 1.44 bits per heavy atom. The van der Waals surface area contributed by atoms with Crippen LogP contribution in [0.1, 0.15) is 37.9 Å². The molecule has 1 N–H and O–H groups in total. The normalized spacial score (nSPS) is 15.4. The SMILES string of the molecule is CCCNCCN(C)c1nc(C2CC2)ns1. The number of nitrogens with zero attached hydrogens (tertiary/aromatic N) is 3. The second kappa shape index (κ2) is 5.59. The second-order valence-electron chi connectivity index (χ2n) is 4.38. The third-order valence-electron chi connectivity index (χ3n) is 2.75. The van der Waals surface area contributed by atoms with Gasteiger partial charge in [0, 0.05) is 37.6 Å². The molecule has 0 spiro atoms. The Morgan fingerprint density at radius 3 is 2.94 bits per heavy atom. The summed E-state index contributed by atoms with van der Waals surface area (Å²) in [7, 11) is 2.09. The number of anilines is 1. The number of nitrogens with one attached hydrogen (secondary N) is 1. The van der Waals surface area contributed by atoms with E-state index in [-0.39, 0.29) is 0 Å². The number of hydrogen-bond acceptors (Lipinski definition) is 5. The lowest BCUT2D eigenvalue weighted by Crippen LogP contribution is -2.29. The van der Waals surface area contributed by atoms with E-state index < -0.39 is 0 Å². The summed E-state index contributed by atoms with van der Waals surface area (Å²) >= 11 is 1.53. The average Bonchev–Trinajstić information content (AvgIpc) is 3.02. The van der Waals surface area contributed by atoms with Crippen LogP contribution in [0.5, 0.6) is 0 Å². The summed E-state index contributed by atoms with van der Waals surface area (Å²) < 4.78 is 4.41. The van der Waals surface area contributed by atoms with Gasteiger partial charge in [0.25, 0.3) is 0 Å². The van der Waals surface area contributed by atoms with Gasteiger partial charge in [-0.05, 0) is 25.8 Å². The van der Waals surface area contributed by atoms with Crippen LogP contribution in [0.2, 0.25) is 0 Å². The van der Waals surface area contributed by atoms with Crippen LogP contribution in [0.3, 0.4) is 0 Å². The molecule has 16 heavy (non-hydrogen) atoms. The Labute approximate surface area is 101 Å². The average molecular weight is 240 g/mol. The van der Waals surface area contributed by atoms with Crippen LogP contribution in [-0.4, -0.2) is 36.0 Å². The Morgan fingerprint density at radius 2 is 2.25 bits per heavy atom. The molecule has 1 heterocycles. The van der Waals surface area contributed by atoms with Crippen molar-refractivity contribution < 1.29 is 0 Å². The van der Waals surface area contributed by atoms with Gasteiger partial charge in [-0.15, -0.1) is 0 Å². The van der Waals surface area contributed by atoms with Crippen molar-refractivity contribution in [2.24, 2.45) is 0 Å². The maximum Gasteiger partial charge on any atom is 0.204 e. The molecule has 0 amide bonds. The van der Waals surface area contributed by atoms with Crippen molar-refractivity contribution in [2.75, 3.05) is 31.6 Å². The Hall–Kier alpha value is -0.680. The summed E-state index contributed by atoms with van der Waals surface area (Å²) in [6, 6.07) is 0. The molecule has 0 aliphatic heterocycles. The summed E-state index contributed by atoms with van der Waals surface area (Å²) in [4.78, 5) is 6.76. The van der Waals surface area contributed by atoms with Gasteiger partial charge in [-0.25, -0.2) is 4.98 Å². The fourth-order valence-corrected chi connectivity index (χ4v) is 2.26. The Bertz CT molecular complexity index is 322. The van der Waals surface area contributed by atoms with Gasteiger partial charge >= 0.3 is 0 Å². The third kappa shape index (κ3) is 3.15. The minimum absolute atomic E-state index is 0.664. The van der Waals surface area contributed by atoms with E-state index in [1.807, 2.05) is 0 Å². The lowest BCUT2D eigenvalue weighted by atomic mass is 10.4. The molecule has 90 valence electrons. The quantitative estimate of drug-likeness (QED) is 0.739. The maximum atomic E-state index is 4.58. The number of hydrogen-bond donors (Lipinski definition) is 1. The van der Waals surface area contributed by atoms with Gasteiger partial charge in [-0.2, -0.15) is 4.37 Å². The Kier molecular flexibility index (Phi) is 4.12. The molecule has 1 aromatic rings. The van der Waals surface area contributed by atoms with Crippen molar-refractivity contribution in [2.45, 2.75) is 32.1 Å². The van der Waals surface area contributed by atoms with Crippen molar-refractivity contribution in [1.82, 2.24) is 14.7 Å².